The third kappa shape index (κ3) is 5.94. The molecule has 1 aliphatic rings. The second-order valence-electron chi connectivity index (χ2n) is 9.22. The molecule has 178 valence electrons. The summed E-state index contributed by atoms with van der Waals surface area (Å²) in [6.45, 7) is 4.61. The molecule has 0 saturated carbocycles. The summed E-state index contributed by atoms with van der Waals surface area (Å²) in [5, 5.41) is 10.8. The number of aromatic nitrogens is 1. The SMILES string of the molecule is COc1ccc2nccc(C(F)CC[C@@H]3CCN(CC#Cc4ccc(C)cc4)C[C@@H]3CO)c2c1. The first-order chi connectivity index (χ1) is 16.6. The molecule has 1 unspecified atom stereocenters. The monoisotopic (exact) mass is 460 g/mol. The molecule has 4 rings (SSSR count). The van der Waals surface area contributed by atoms with Crippen LogP contribution in [0.4, 0.5) is 4.39 Å². The number of ether oxygens (including phenoxy) is 1. The van der Waals surface area contributed by atoms with E-state index in [1.165, 1.54) is 5.56 Å². The van der Waals surface area contributed by atoms with Crippen LogP contribution in [0.1, 0.15) is 42.1 Å². The molecule has 2 aromatic carbocycles. The average Bonchev–Trinajstić information content (AvgIpc) is 2.88. The number of fused-ring (bicyclic) bond motifs is 1. The van der Waals surface area contributed by atoms with Crippen LogP contribution in [-0.4, -0.2) is 48.3 Å². The van der Waals surface area contributed by atoms with Crippen LogP contribution in [0.25, 0.3) is 10.9 Å². The molecule has 1 aliphatic heterocycles. The average molecular weight is 461 g/mol. The molecule has 1 fully saturated rings. The van der Waals surface area contributed by atoms with Crippen molar-refractivity contribution in [3.05, 3.63) is 71.4 Å². The molecule has 0 radical (unpaired) electrons. The molecule has 3 atom stereocenters. The molecule has 2 heterocycles. The number of hydrogen-bond donors (Lipinski definition) is 1. The van der Waals surface area contributed by atoms with Crippen molar-refractivity contribution in [2.45, 2.75) is 32.4 Å². The van der Waals surface area contributed by atoms with Crippen LogP contribution in [0.5, 0.6) is 5.75 Å². The lowest BCUT2D eigenvalue weighted by atomic mass is 9.81. The molecule has 0 amide bonds. The molecule has 0 aliphatic carbocycles. The van der Waals surface area contributed by atoms with Crippen molar-refractivity contribution in [1.29, 1.82) is 0 Å². The highest BCUT2D eigenvalue weighted by atomic mass is 19.1. The smallest absolute Gasteiger partial charge is 0.126 e. The van der Waals surface area contributed by atoms with Gasteiger partial charge in [0.25, 0.3) is 0 Å². The molecule has 34 heavy (non-hydrogen) atoms. The zero-order valence-corrected chi connectivity index (χ0v) is 20.0. The van der Waals surface area contributed by atoms with Crippen molar-refractivity contribution in [2.75, 3.05) is 33.4 Å². The predicted octanol–water partition coefficient (Wildman–Crippen LogP) is 5.32. The third-order valence-electron chi connectivity index (χ3n) is 6.91. The van der Waals surface area contributed by atoms with Gasteiger partial charge in [-0.05, 0) is 86.5 Å². The van der Waals surface area contributed by atoms with Crippen molar-refractivity contribution in [3.8, 4) is 17.6 Å². The van der Waals surface area contributed by atoms with Crippen molar-refractivity contribution in [3.63, 3.8) is 0 Å². The summed E-state index contributed by atoms with van der Waals surface area (Å²) < 4.78 is 20.7. The van der Waals surface area contributed by atoms with Gasteiger partial charge in [-0.3, -0.25) is 9.88 Å². The number of likely N-dealkylation sites (tertiary alicyclic amines) is 1. The maximum Gasteiger partial charge on any atom is 0.126 e. The molecular formula is C29H33FN2O2. The topological polar surface area (TPSA) is 45.6 Å². The molecule has 1 N–H and O–H groups in total. The molecule has 0 bridgehead atoms. The summed E-state index contributed by atoms with van der Waals surface area (Å²) >= 11 is 0. The number of aliphatic hydroxyl groups is 1. The van der Waals surface area contributed by atoms with E-state index in [1.54, 1.807) is 19.4 Å². The molecule has 1 saturated heterocycles. The van der Waals surface area contributed by atoms with Crippen LogP contribution in [0.3, 0.4) is 0 Å². The maximum absolute atomic E-state index is 15.4. The Morgan fingerprint density at radius 3 is 2.76 bits per heavy atom. The highest BCUT2D eigenvalue weighted by Gasteiger charge is 2.29. The Labute approximate surface area is 201 Å². The third-order valence-corrected chi connectivity index (χ3v) is 6.91. The van der Waals surface area contributed by atoms with Gasteiger partial charge >= 0.3 is 0 Å². The number of nitrogens with zero attached hydrogens (tertiary/aromatic N) is 2. The van der Waals surface area contributed by atoms with Gasteiger partial charge in [0.05, 0.1) is 19.2 Å². The minimum absolute atomic E-state index is 0.124. The summed E-state index contributed by atoms with van der Waals surface area (Å²) in [5.74, 6) is 7.66. The highest BCUT2D eigenvalue weighted by Crippen LogP contribution is 2.35. The van der Waals surface area contributed by atoms with Gasteiger partial charge in [0.2, 0.25) is 0 Å². The summed E-state index contributed by atoms with van der Waals surface area (Å²) in [6.07, 6.45) is 2.74. The summed E-state index contributed by atoms with van der Waals surface area (Å²) in [4.78, 5) is 6.66. The summed E-state index contributed by atoms with van der Waals surface area (Å²) in [7, 11) is 1.61. The molecule has 0 spiro atoms. The van der Waals surface area contributed by atoms with Gasteiger partial charge in [-0.25, -0.2) is 4.39 Å². The zero-order valence-electron chi connectivity index (χ0n) is 20.0. The number of rotatable bonds is 7. The van der Waals surface area contributed by atoms with Crippen LogP contribution in [0, 0.1) is 30.6 Å². The van der Waals surface area contributed by atoms with E-state index in [9.17, 15) is 5.11 Å². The van der Waals surface area contributed by atoms with Crippen LogP contribution in [0.15, 0.2) is 54.7 Å². The van der Waals surface area contributed by atoms with E-state index in [4.69, 9.17) is 4.74 Å². The standard InChI is InChI=1S/C29H33FN2O2/c1-21-5-7-22(8-6-21)4-3-16-32-17-14-23(24(19-32)20-33)9-11-28(30)26-13-15-31-29-12-10-25(34-2)18-27(26)29/h5-8,10,12-13,15,18,23-24,28,33H,9,11,14,16-17,19-20H2,1-2H3/t23-,24-,28?/m1/s1. The number of pyridine rings is 1. The summed E-state index contributed by atoms with van der Waals surface area (Å²) in [6, 6.07) is 15.6. The van der Waals surface area contributed by atoms with E-state index in [2.05, 4.69) is 40.8 Å². The van der Waals surface area contributed by atoms with Gasteiger partial charge in [-0.1, -0.05) is 29.5 Å². The van der Waals surface area contributed by atoms with Gasteiger partial charge in [0.15, 0.2) is 0 Å². The second kappa shape index (κ2) is 11.5. The minimum atomic E-state index is -1.07. The number of hydrogen-bond acceptors (Lipinski definition) is 4. The highest BCUT2D eigenvalue weighted by molar-refractivity contribution is 5.83. The van der Waals surface area contributed by atoms with Gasteiger partial charge in [-0.15, -0.1) is 0 Å². The first kappa shape index (κ1) is 24.2. The predicted molar refractivity (Wildman–Crippen MR) is 135 cm³/mol. The Kier molecular flexibility index (Phi) is 8.16. The van der Waals surface area contributed by atoms with Gasteiger partial charge < -0.3 is 9.84 Å². The lowest BCUT2D eigenvalue weighted by Crippen LogP contribution is -2.42. The van der Waals surface area contributed by atoms with Crippen LogP contribution >= 0.6 is 0 Å². The minimum Gasteiger partial charge on any atom is -0.497 e. The van der Waals surface area contributed by atoms with Crippen molar-refractivity contribution >= 4 is 10.9 Å². The van der Waals surface area contributed by atoms with Crippen molar-refractivity contribution in [2.24, 2.45) is 11.8 Å². The lowest BCUT2D eigenvalue weighted by molar-refractivity contribution is 0.0708. The van der Waals surface area contributed by atoms with E-state index in [-0.39, 0.29) is 12.5 Å². The largest absolute Gasteiger partial charge is 0.497 e. The Morgan fingerprint density at radius 1 is 1.18 bits per heavy atom. The Morgan fingerprint density at radius 2 is 2.00 bits per heavy atom. The number of alkyl halides is 1. The van der Waals surface area contributed by atoms with Crippen molar-refractivity contribution in [1.82, 2.24) is 9.88 Å². The van der Waals surface area contributed by atoms with E-state index >= 15 is 4.39 Å². The Balaban J connectivity index is 1.33. The number of methoxy groups -OCH3 is 1. The van der Waals surface area contributed by atoms with Gasteiger partial charge in [0, 0.05) is 30.3 Å². The normalized spacial score (nSPS) is 19.4. The number of piperidine rings is 1. The van der Waals surface area contributed by atoms with E-state index in [0.717, 1.165) is 42.4 Å². The fourth-order valence-electron chi connectivity index (χ4n) is 4.84. The number of aryl methyl sites for hydroxylation is 1. The lowest BCUT2D eigenvalue weighted by Gasteiger charge is -2.37. The van der Waals surface area contributed by atoms with E-state index in [0.29, 0.717) is 30.2 Å². The first-order valence-corrected chi connectivity index (χ1v) is 12.0. The number of halogens is 1. The van der Waals surface area contributed by atoms with Crippen LogP contribution in [-0.2, 0) is 0 Å². The Hall–Kier alpha value is -2.94. The maximum atomic E-state index is 15.4. The fourth-order valence-corrected chi connectivity index (χ4v) is 4.84. The second-order valence-corrected chi connectivity index (χ2v) is 9.22. The van der Waals surface area contributed by atoms with Gasteiger partial charge in [-0.2, -0.15) is 0 Å². The fraction of sp³-hybridized carbons (Fsp3) is 0.414. The number of aliphatic hydroxyl groups excluding tert-OH is 1. The molecule has 5 heteroatoms. The number of benzene rings is 2. The molecule has 3 aromatic rings. The van der Waals surface area contributed by atoms with E-state index in [1.807, 2.05) is 30.3 Å². The quantitative estimate of drug-likeness (QED) is 0.485. The Bertz CT molecular complexity index is 1150. The molecule has 1 aromatic heterocycles. The van der Waals surface area contributed by atoms with Crippen LogP contribution in [0.2, 0.25) is 0 Å². The first-order valence-electron chi connectivity index (χ1n) is 12.0. The summed E-state index contributed by atoms with van der Waals surface area (Å²) in [5.41, 5.74) is 3.68. The van der Waals surface area contributed by atoms with Gasteiger partial charge in [0.1, 0.15) is 11.9 Å². The van der Waals surface area contributed by atoms with Crippen molar-refractivity contribution < 1.29 is 14.2 Å². The zero-order chi connectivity index (χ0) is 23.9. The molecule has 4 nitrogen and oxygen atoms in total. The van der Waals surface area contributed by atoms with E-state index < -0.39 is 6.17 Å². The van der Waals surface area contributed by atoms with Crippen LogP contribution < -0.4 is 4.74 Å². The molecular weight excluding hydrogens is 427 g/mol.